The Labute approximate surface area is 206 Å². The smallest absolute Gasteiger partial charge is 0.242 e. The number of para-hydroxylation sites is 1. The molecule has 4 rings (SSSR count). The molecule has 1 aromatic heterocycles. The van der Waals surface area contributed by atoms with E-state index in [0.717, 1.165) is 36.8 Å². The summed E-state index contributed by atoms with van der Waals surface area (Å²) in [6, 6.07) is 17.5. The molecule has 35 heavy (non-hydrogen) atoms. The van der Waals surface area contributed by atoms with Crippen LogP contribution in [0.4, 0.5) is 0 Å². The fourth-order valence-corrected chi connectivity index (χ4v) is 4.74. The maximum Gasteiger partial charge on any atom is 0.242 e. The van der Waals surface area contributed by atoms with Gasteiger partial charge in [-0.15, -0.1) is 0 Å². The van der Waals surface area contributed by atoms with Gasteiger partial charge in [-0.2, -0.15) is 0 Å². The highest BCUT2D eigenvalue weighted by molar-refractivity contribution is 5.86. The second-order valence-electron chi connectivity index (χ2n) is 9.12. The zero-order valence-electron chi connectivity index (χ0n) is 20.1. The van der Waals surface area contributed by atoms with Gasteiger partial charge in [-0.1, -0.05) is 48.5 Å². The largest absolute Gasteiger partial charge is 0.361 e. The lowest BCUT2D eigenvalue weighted by Crippen LogP contribution is -2.44. The Morgan fingerprint density at radius 2 is 1.80 bits per heavy atom. The minimum absolute atomic E-state index is 0.0557. The topological polar surface area (TPSA) is 94.3 Å². The van der Waals surface area contributed by atoms with E-state index in [4.69, 9.17) is 0 Å². The predicted octanol–water partition coefficient (Wildman–Crippen LogP) is 3.87. The third-order valence-electron chi connectivity index (χ3n) is 6.62. The van der Waals surface area contributed by atoms with Gasteiger partial charge in [-0.25, -0.2) is 0 Å². The second-order valence-corrected chi connectivity index (χ2v) is 9.12. The Balaban J connectivity index is 1.33. The van der Waals surface area contributed by atoms with Gasteiger partial charge in [-0.05, 0) is 49.3 Å². The van der Waals surface area contributed by atoms with Gasteiger partial charge in [0.05, 0.1) is 19.0 Å². The predicted molar refractivity (Wildman–Crippen MR) is 137 cm³/mol. The van der Waals surface area contributed by atoms with Crippen LogP contribution in [0.25, 0.3) is 10.9 Å². The molecule has 2 aromatic carbocycles. The summed E-state index contributed by atoms with van der Waals surface area (Å²) < 4.78 is 0. The molecule has 1 fully saturated rings. The molecule has 1 atom stereocenters. The molecule has 7 nitrogen and oxygen atoms in total. The number of nitrogens with one attached hydrogen (secondary N) is 3. The number of H-pyrrole nitrogens is 1. The van der Waals surface area contributed by atoms with Crippen LogP contribution in [0.3, 0.4) is 0 Å². The first-order valence-electron chi connectivity index (χ1n) is 12.5. The third-order valence-corrected chi connectivity index (χ3v) is 6.62. The van der Waals surface area contributed by atoms with E-state index in [9.17, 15) is 14.4 Å². The summed E-state index contributed by atoms with van der Waals surface area (Å²) in [5, 5.41) is 6.95. The molecular formula is C28H34N4O3. The van der Waals surface area contributed by atoms with Crippen molar-refractivity contribution in [3.63, 3.8) is 0 Å². The van der Waals surface area contributed by atoms with Crippen molar-refractivity contribution in [2.24, 2.45) is 0 Å². The number of aromatic amines is 1. The van der Waals surface area contributed by atoms with Crippen LogP contribution >= 0.6 is 0 Å². The highest BCUT2D eigenvalue weighted by Crippen LogP contribution is 2.26. The van der Waals surface area contributed by atoms with Gasteiger partial charge in [0, 0.05) is 36.6 Å². The molecule has 1 unspecified atom stereocenters. The highest BCUT2D eigenvalue weighted by atomic mass is 16.2. The molecule has 0 aliphatic carbocycles. The number of aryl methyl sites for hydroxylation is 1. The quantitative estimate of drug-likeness (QED) is 0.485. The molecule has 0 radical (unpaired) electrons. The van der Waals surface area contributed by atoms with E-state index in [2.05, 4.69) is 21.7 Å². The molecule has 1 aliphatic heterocycles. The summed E-state index contributed by atoms with van der Waals surface area (Å²) in [5.74, 6) is -0.342. The van der Waals surface area contributed by atoms with Gasteiger partial charge < -0.3 is 20.5 Å². The summed E-state index contributed by atoms with van der Waals surface area (Å²) in [4.78, 5) is 43.3. The SMILES string of the molecule is O=C(CCCc1c[nH]c2ccccc12)NCC(=O)N1CCCCCNC(=O)CC1c1ccccc1. The van der Waals surface area contributed by atoms with Crippen LogP contribution in [0.1, 0.15) is 55.7 Å². The van der Waals surface area contributed by atoms with Crippen LogP contribution in [0.15, 0.2) is 60.8 Å². The van der Waals surface area contributed by atoms with Crippen LogP contribution in [0, 0.1) is 0 Å². The number of carbonyl (C=O) groups excluding carboxylic acids is 3. The average molecular weight is 475 g/mol. The number of fused-ring (bicyclic) bond motifs is 1. The van der Waals surface area contributed by atoms with Crippen molar-refractivity contribution in [1.82, 2.24) is 20.5 Å². The number of amides is 3. The molecular weight excluding hydrogens is 440 g/mol. The van der Waals surface area contributed by atoms with Crippen LogP contribution in [-0.4, -0.2) is 47.2 Å². The Kier molecular flexibility index (Phi) is 8.54. The van der Waals surface area contributed by atoms with E-state index in [1.807, 2.05) is 54.7 Å². The molecule has 3 amide bonds. The van der Waals surface area contributed by atoms with E-state index < -0.39 is 0 Å². The maximum atomic E-state index is 13.2. The Hall–Kier alpha value is -3.61. The summed E-state index contributed by atoms with van der Waals surface area (Å²) >= 11 is 0. The molecule has 0 spiro atoms. The Morgan fingerprint density at radius 3 is 2.66 bits per heavy atom. The number of hydrogen-bond donors (Lipinski definition) is 3. The minimum Gasteiger partial charge on any atom is -0.361 e. The summed E-state index contributed by atoms with van der Waals surface area (Å²) in [6.45, 7) is 1.18. The number of hydrogen-bond acceptors (Lipinski definition) is 3. The van der Waals surface area contributed by atoms with Crippen molar-refractivity contribution in [2.75, 3.05) is 19.6 Å². The molecule has 0 saturated carbocycles. The van der Waals surface area contributed by atoms with Crippen LogP contribution in [0.5, 0.6) is 0 Å². The van der Waals surface area contributed by atoms with Gasteiger partial charge in [0.2, 0.25) is 17.7 Å². The zero-order valence-corrected chi connectivity index (χ0v) is 20.1. The van der Waals surface area contributed by atoms with Gasteiger partial charge in [0.15, 0.2) is 0 Å². The minimum atomic E-state index is -0.347. The van der Waals surface area contributed by atoms with Gasteiger partial charge in [0.1, 0.15) is 0 Å². The van der Waals surface area contributed by atoms with Gasteiger partial charge >= 0.3 is 0 Å². The van der Waals surface area contributed by atoms with Crippen molar-refractivity contribution in [3.8, 4) is 0 Å². The van der Waals surface area contributed by atoms with E-state index in [-0.39, 0.29) is 36.7 Å². The Bertz CT molecular complexity index is 1140. The van der Waals surface area contributed by atoms with Gasteiger partial charge in [-0.3, -0.25) is 14.4 Å². The molecule has 184 valence electrons. The molecule has 0 bridgehead atoms. The molecule has 2 heterocycles. The number of nitrogens with zero attached hydrogens (tertiary/aromatic N) is 1. The van der Waals surface area contributed by atoms with E-state index in [1.165, 1.54) is 10.9 Å². The third kappa shape index (κ3) is 6.72. The van der Waals surface area contributed by atoms with E-state index in [0.29, 0.717) is 25.9 Å². The summed E-state index contributed by atoms with van der Waals surface area (Å²) in [7, 11) is 0. The van der Waals surface area contributed by atoms with Crippen LogP contribution in [0.2, 0.25) is 0 Å². The Morgan fingerprint density at radius 1 is 1.00 bits per heavy atom. The second kappa shape index (κ2) is 12.2. The molecule has 3 N–H and O–H groups in total. The number of aromatic nitrogens is 1. The average Bonchev–Trinajstić information content (AvgIpc) is 3.29. The van der Waals surface area contributed by atoms with Crippen LogP contribution < -0.4 is 10.6 Å². The fourth-order valence-electron chi connectivity index (χ4n) is 4.74. The molecule has 1 saturated heterocycles. The maximum absolute atomic E-state index is 13.2. The standard InChI is InChI=1S/C28H34N4O3/c33-26(15-9-12-22-19-30-24-14-6-5-13-23(22)24)31-20-28(35)32-17-8-2-7-16-29-27(34)18-25(32)21-10-3-1-4-11-21/h1,3-6,10-11,13-14,19,25,30H,2,7-9,12,15-18,20H2,(H,29,34)(H,31,33). The van der Waals surface area contributed by atoms with Crippen LogP contribution in [-0.2, 0) is 20.8 Å². The lowest BCUT2D eigenvalue weighted by molar-refractivity contribution is -0.136. The molecule has 1 aliphatic rings. The molecule has 3 aromatic rings. The monoisotopic (exact) mass is 474 g/mol. The van der Waals surface area contributed by atoms with Crippen molar-refractivity contribution in [3.05, 3.63) is 71.9 Å². The van der Waals surface area contributed by atoms with Crippen molar-refractivity contribution < 1.29 is 14.4 Å². The number of benzene rings is 2. The normalized spacial score (nSPS) is 17.1. The zero-order chi connectivity index (χ0) is 24.5. The lowest BCUT2D eigenvalue weighted by atomic mass is 10.00. The first kappa shape index (κ1) is 24.5. The first-order chi connectivity index (χ1) is 17.1. The highest BCUT2D eigenvalue weighted by Gasteiger charge is 2.27. The number of carbonyl (C=O) groups is 3. The van der Waals surface area contributed by atoms with E-state index in [1.54, 1.807) is 4.90 Å². The van der Waals surface area contributed by atoms with Crippen molar-refractivity contribution >= 4 is 28.6 Å². The molecule has 7 heteroatoms. The van der Waals surface area contributed by atoms with Crippen molar-refractivity contribution in [1.29, 1.82) is 0 Å². The van der Waals surface area contributed by atoms with E-state index >= 15 is 0 Å². The summed E-state index contributed by atoms with van der Waals surface area (Å²) in [6.07, 6.45) is 6.78. The number of rotatable bonds is 7. The van der Waals surface area contributed by atoms with Gasteiger partial charge in [0.25, 0.3) is 0 Å². The van der Waals surface area contributed by atoms with Crippen molar-refractivity contribution in [2.45, 2.75) is 51.0 Å². The summed E-state index contributed by atoms with van der Waals surface area (Å²) in [5.41, 5.74) is 3.22. The lowest BCUT2D eigenvalue weighted by Gasteiger charge is -2.33. The fraction of sp³-hybridized carbons (Fsp3) is 0.393. The first-order valence-corrected chi connectivity index (χ1v) is 12.5.